The van der Waals surface area contributed by atoms with Gasteiger partial charge in [0.15, 0.2) is 0 Å². The molecule has 0 spiro atoms. The van der Waals surface area contributed by atoms with Crippen LogP contribution < -0.4 is 37.7 Å². The Morgan fingerprint density at radius 1 is 0.487 bits per heavy atom. The summed E-state index contributed by atoms with van der Waals surface area (Å²) < 4.78 is 0. The van der Waals surface area contributed by atoms with Crippen molar-refractivity contribution in [1.29, 1.82) is 0 Å². The van der Waals surface area contributed by atoms with Crippen LogP contribution in [0.4, 0.5) is 0 Å². The van der Waals surface area contributed by atoms with E-state index in [9.17, 15) is 0 Å². The van der Waals surface area contributed by atoms with Crippen LogP contribution in [0.1, 0.15) is 225 Å². The Morgan fingerprint density at radius 3 is 1.67 bits per heavy atom. The Bertz CT molecular complexity index is 2580. The summed E-state index contributed by atoms with van der Waals surface area (Å²) in [5.74, 6) is 10.3. The number of aryl methyl sites for hydroxylation is 2. The van der Waals surface area contributed by atoms with Gasteiger partial charge >= 0.3 is 37.7 Å². The van der Waals surface area contributed by atoms with Crippen molar-refractivity contribution in [2.75, 3.05) is 0 Å². The number of allylic oxidation sites excluding steroid dienone is 5. The van der Waals surface area contributed by atoms with Crippen LogP contribution in [-0.2, 0) is 12.8 Å². The number of benzene rings is 3. The van der Waals surface area contributed by atoms with Crippen molar-refractivity contribution in [3.8, 4) is 0 Å². The summed E-state index contributed by atoms with van der Waals surface area (Å²) in [6.07, 6.45) is 41.4. The largest absolute Gasteiger partial charge is 1.00 e. The first-order valence-corrected chi connectivity index (χ1v) is 42.8. The van der Waals surface area contributed by atoms with Gasteiger partial charge in [0, 0.05) is 0 Å². The van der Waals surface area contributed by atoms with Crippen LogP contribution in [0.2, 0.25) is 56.9 Å². The van der Waals surface area contributed by atoms with Gasteiger partial charge in [-0.15, -0.1) is 0 Å². The van der Waals surface area contributed by atoms with Gasteiger partial charge in [0.1, 0.15) is 0 Å². The third-order valence-electron chi connectivity index (χ3n) is 23.9. The van der Waals surface area contributed by atoms with Crippen LogP contribution in [0.3, 0.4) is 0 Å². The standard InChI is InChI=1S/C28H50Si.C28H34Si.C17H26Si.2Li/c2*1-5-9-19(2)25-18-28(24-13-7-6-12-23(24)25)29(3,4)27-15-14-22-16-20-10-8-11-21(20)17-26(22)27;1-6-9-13(2)16-12-17(18(3,4)5)15-11-8-7-10-14(15)16;;/h19-28H,5-18H2,1-4H3;6-7,12-19,27-28H,5,8-11H2,1-4H3;7-8,10-13,17H,6,9H2,1-5H3;;/q;;;2*+1. The number of hydrogen-bond donors (Lipinski definition) is 0. The van der Waals surface area contributed by atoms with E-state index in [2.05, 4.69) is 172 Å². The molecule has 0 bridgehead atoms. The third-order valence-corrected chi connectivity index (χ3v) is 35.6. The molecule has 9 aliphatic rings. The molecule has 0 radical (unpaired) electrons. The van der Waals surface area contributed by atoms with E-state index in [4.69, 9.17) is 0 Å². The van der Waals surface area contributed by atoms with E-state index in [1.807, 2.05) is 0 Å². The molecular weight excluding hydrogens is 975 g/mol. The predicted octanol–water partition coefficient (Wildman–Crippen LogP) is 16.1. The molecule has 414 valence electrons. The molecule has 78 heavy (non-hydrogen) atoms. The van der Waals surface area contributed by atoms with Crippen molar-refractivity contribution in [3.05, 3.63) is 123 Å². The van der Waals surface area contributed by atoms with Crippen molar-refractivity contribution < 1.29 is 37.7 Å². The van der Waals surface area contributed by atoms with Crippen molar-refractivity contribution in [2.45, 2.75) is 250 Å². The average Bonchev–Trinajstić information content (AvgIpc) is 4.30. The van der Waals surface area contributed by atoms with Gasteiger partial charge in [-0.25, -0.2) is 0 Å². The zero-order valence-electron chi connectivity index (χ0n) is 53.1. The summed E-state index contributed by atoms with van der Waals surface area (Å²) in [5.41, 5.74) is 20.2. The molecular formula is C73H110Li2Si3+2. The third kappa shape index (κ3) is 12.4. The summed E-state index contributed by atoms with van der Waals surface area (Å²) in [6.45, 7) is 33.0. The normalized spacial score (nSPS) is 31.2. The van der Waals surface area contributed by atoms with E-state index in [1.54, 1.807) is 116 Å². The summed E-state index contributed by atoms with van der Waals surface area (Å²) in [5, 5.41) is 0. The summed E-state index contributed by atoms with van der Waals surface area (Å²) in [7, 11) is -4.02. The van der Waals surface area contributed by atoms with Gasteiger partial charge in [0.05, 0.1) is 24.2 Å². The van der Waals surface area contributed by atoms with Gasteiger partial charge in [-0.1, -0.05) is 249 Å². The average molecular weight is 1090 g/mol. The summed E-state index contributed by atoms with van der Waals surface area (Å²) in [6, 6.07) is 23.4. The molecule has 0 saturated heterocycles. The van der Waals surface area contributed by atoms with Crippen molar-refractivity contribution in [1.82, 2.24) is 0 Å². The maximum absolute atomic E-state index is 2.91. The van der Waals surface area contributed by atoms with Crippen molar-refractivity contribution in [2.24, 2.45) is 59.2 Å². The first-order valence-electron chi connectivity index (χ1n) is 32.9. The van der Waals surface area contributed by atoms with Crippen LogP contribution in [0, 0.1) is 59.2 Å². The molecule has 5 saturated carbocycles. The molecule has 9 aliphatic carbocycles. The maximum Gasteiger partial charge on any atom is 1.00 e. The topological polar surface area (TPSA) is 0 Å². The summed E-state index contributed by atoms with van der Waals surface area (Å²) in [4.78, 5) is 0. The molecule has 0 nitrogen and oxygen atoms in total. The maximum atomic E-state index is 2.91. The minimum atomic E-state index is -1.65. The molecule has 5 fully saturated rings. The quantitative estimate of drug-likeness (QED) is 0.141. The molecule has 3 aromatic rings. The van der Waals surface area contributed by atoms with E-state index >= 15 is 0 Å². The fourth-order valence-electron chi connectivity index (χ4n) is 19.9. The van der Waals surface area contributed by atoms with Crippen molar-refractivity contribution in [3.63, 3.8) is 0 Å². The minimum absolute atomic E-state index is 0. The van der Waals surface area contributed by atoms with Gasteiger partial charge in [-0.2, -0.15) is 0 Å². The van der Waals surface area contributed by atoms with Gasteiger partial charge in [-0.05, 0) is 200 Å². The molecule has 0 aliphatic heterocycles. The summed E-state index contributed by atoms with van der Waals surface area (Å²) >= 11 is 0. The first kappa shape index (κ1) is 62.8. The second-order valence-electron chi connectivity index (χ2n) is 30.1. The van der Waals surface area contributed by atoms with Gasteiger partial charge in [0.25, 0.3) is 0 Å². The zero-order valence-corrected chi connectivity index (χ0v) is 56.1. The fourth-order valence-corrected chi connectivity index (χ4v) is 30.8. The molecule has 0 amide bonds. The first-order chi connectivity index (χ1) is 36.5. The number of fused-ring (bicyclic) bond motifs is 7. The Morgan fingerprint density at radius 2 is 1.05 bits per heavy atom. The molecule has 0 heterocycles. The van der Waals surface area contributed by atoms with E-state index in [1.165, 1.54) is 85.6 Å². The number of rotatable bonds is 14. The zero-order chi connectivity index (χ0) is 53.7. The molecule has 0 aromatic heterocycles. The number of hydrogen-bond acceptors (Lipinski definition) is 0. The molecule has 15 unspecified atom stereocenters. The SMILES string of the molecule is CCCC(C)C1=CC([Si](C)(C)C)c2ccccc21.CCCC(C)C1=CC([Si](C)(C)C2C=Cc3cc4c(cc32)CCC4)c2ccccc21.CCCC(C)C1CC([Si](C)(C)C2CCC3CC4CCCC4CC32)C2CCCCC12.[Li+].[Li+]. The van der Waals surface area contributed by atoms with E-state index < -0.39 is 24.2 Å². The van der Waals surface area contributed by atoms with Gasteiger partial charge in [-0.3, -0.25) is 0 Å². The van der Waals surface area contributed by atoms with Crippen LogP contribution in [0.5, 0.6) is 0 Å². The van der Waals surface area contributed by atoms with Crippen molar-refractivity contribution >= 4 is 41.4 Å². The predicted molar refractivity (Wildman–Crippen MR) is 342 cm³/mol. The molecule has 12 rings (SSSR count). The van der Waals surface area contributed by atoms with Crippen LogP contribution in [-0.4, -0.2) is 24.2 Å². The smallest absolute Gasteiger partial charge is 0.0791 e. The molecule has 0 N–H and O–H groups in total. The fraction of sp³-hybridized carbons (Fsp3) is 0.671. The minimum Gasteiger partial charge on any atom is -0.0791 e. The second-order valence-corrected chi connectivity index (χ2v) is 45.5. The van der Waals surface area contributed by atoms with Gasteiger partial charge in [0.2, 0.25) is 0 Å². The van der Waals surface area contributed by atoms with E-state index in [0.717, 1.165) is 47.3 Å². The molecule has 3 aromatic carbocycles. The molecule has 15 atom stereocenters. The van der Waals surface area contributed by atoms with Gasteiger partial charge < -0.3 is 0 Å². The van der Waals surface area contributed by atoms with E-state index in [0.29, 0.717) is 28.5 Å². The Balaban J connectivity index is 0.000000157. The Hall–Kier alpha value is -1.27. The van der Waals surface area contributed by atoms with E-state index in [-0.39, 0.29) is 37.7 Å². The van der Waals surface area contributed by atoms with Crippen LogP contribution in [0.15, 0.2) is 78.9 Å². The van der Waals surface area contributed by atoms with Crippen LogP contribution in [0.25, 0.3) is 17.2 Å². The Kier molecular flexibility index (Phi) is 21.2. The second kappa shape index (κ2) is 26.3. The van der Waals surface area contributed by atoms with Crippen LogP contribution >= 0.6 is 0 Å². The monoisotopic (exact) mass is 1080 g/mol. The Labute approximate surface area is 507 Å². The molecule has 5 heteroatoms.